The van der Waals surface area contributed by atoms with Crippen LogP contribution in [-0.2, 0) is 10.0 Å². The Morgan fingerprint density at radius 1 is 0.958 bits per heavy atom. The highest BCUT2D eigenvalue weighted by molar-refractivity contribution is 7.90. The van der Waals surface area contributed by atoms with E-state index in [9.17, 15) is 18.0 Å². The van der Waals surface area contributed by atoms with Gasteiger partial charge in [0.05, 0.1) is 17.6 Å². The number of rotatable bonds is 5. The topological polar surface area (TPSA) is 102 Å². The second kappa shape index (κ2) is 7.14. The van der Waals surface area contributed by atoms with Crippen molar-refractivity contribution in [2.24, 2.45) is 0 Å². The maximum atomic E-state index is 12.3. The molecule has 7 nitrogen and oxygen atoms in total. The van der Waals surface area contributed by atoms with Gasteiger partial charge in [0, 0.05) is 12.6 Å². The average molecular weight is 348 g/mol. The Morgan fingerprint density at radius 2 is 1.58 bits per heavy atom. The quantitative estimate of drug-likeness (QED) is 0.845. The lowest BCUT2D eigenvalue weighted by molar-refractivity contribution is 0.0958. The van der Waals surface area contributed by atoms with Gasteiger partial charge < -0.3 is 10.1 Å². The molecule has 0 heterocycles. The fourth-order valence-corrected chi connectivity index (χ4v) is 2.96. The Morgan fingerprint density at radius 3 is 2.17 bits per heavy atom. The number of hydrogen-bond donors (Lipinski definition) is 2. The SMILES string of the molecule is CNC(=O)c1ccc(S(=O)(=O)NC(=O)c2ccccc2OC)cc1. The highest BCUT2D eigenvalue weighted by Crippen LogP contribution is 2.18. The summed E-state index contributed by atoms with van der Waals surface area (Å²) in [7, 11) is -1.21. The minimum absolute atomic E-state index is 0.102. The maximum absolute atomic E-state index is 12.3. The number of methoxy groups -OCH3 is 1. The van der Waals surface area contributed by atoms with Crippen molar-refractivity contribution >= 4 is 21.8 Å². The molecule has 0 aliphatic heterocycles. The standard InChI is InChI=1S/C16H16N2O5S/c1-17-15(19)11-7-9-12(10-8-11)24(21,22)18-16(20)13-5-3-4-6-14(13)23-2/h3-10H,1-2H3,(H,17,19)(H,18,20). The smallest absolute Gasteiger partial charge is 0.268 e. The highest BCUT2D eigenvalue weighted by atomic mass is 32.2. The number of nitrogens with one attached hydrogen (secondary N) is 2. The monoisotopic (exact) mass is 348 g/mol. The van der Waals surface area contributed by atoms with Crippen LogP contribution in [0, 0.1) is 0 Å². The zero-order valence-electron chi connectivity index (χ0n) is 13.1. The Balaban J connectivity index is 2.25. The molecule has 0 fully saturated rings. The van der Waals surface area contributed by atoms with Gasteiger partial charge in [-0.2, -0.15) is 0 Å². The van der Waals surface area contributed by atoms with E-state index in [0.29, 0.717) is 5.56 Å². The molecule has 0 saturated heterocycles. The number of hydrogen-bond acceptors (Lipinski definition) is 5. The van der Waals surface area contributed by atoms with Crippen molar-refractivity contribution in [1.29, 1.82) is 0 Å². The van der Waals surface area contributed by atoms with Gasteiger partial charge in [-0.1, -0.05) is 12.1 Å². The molecule has 2 amide bonds. The van der Waals surface area contributed by atoms with Crippen LogP contribution in [0.25, 0.3) is 0 Å². The van der Waals surface area contributed by atoms with E-state index >= 15 is 0 Å². The van der Waals surface area contributed by atoms with Crippen LogP contribution in [0.3, 0.4) is 0 Å². The lowest BCUT2D eigenvalue weighted by Crippen LogP contribution is -2.31. The second-order valence-electron chi connectivity index (χ2n) is 4.74. The number of para-hydroxylation sites is 1. The van der Waals surface area contributed by atoms with Crippen molar-refractivity contribution in [3.63, 3.8) is 0 Å². The molecule has 2 aromatic carbocycles. The summed E-state index contributed by atoms with van der Waals surface area (Å²) in [5, 5.41) is 2.43. The molecule has 24 heavy (non-hydrogen) atoms. The van der Waals surface area contributed by atoms with Gasteiger partial charge in [0.2, 0.25) is 0 Å². The van der Waals surface area contributed by atoms with Crippen LogP contribution >= 0.6 is 0 Å². The molecule has 8 heteroatoms. The van der Waals surface area contributed by atoms with Gasteiger partial charge in [0.15, 0.2) is 0 Å². The molecule has 0 radical (unpaired) electrons. The summed E-state index contributed by atoms with van der Waals surface area (Å²) in [6.45, 7) is 0. The van der Waals surface area contributed by atoms with E-state index in [4.69, 9.17) is 4.74 Å². The van der Waals surface area contributed by atoms with Crippen molar-refractivity contribution in [3.05, 3.63) is 59.7 Å². The number of amides is 2. The molecule has 0 bridgehead atoms. The summed E-state index contributed by atoms with van der Waals surface area (Å²) < 4.78 is 31.6. The van der Waals surface area contributed by atoms with Crippen molar-refractivity contribution < 1.29 is 22.7 Å². The van der Waals surface area contributed by atoms with Gasteiger partial charge in [-0.25, -0.2) is 13.1 Å². The molecule has 0 aromatic heterocycles. The predicted molar refractivity (Wildman–Crippen MR) is 87.5 cm³/mol. The van der Waals surface area contributed by atoms with E-state index in [1.807, 2.05) is 4.72 Å². The van der Waals surface area contributed by atoms with Crippen molar-refractivity contribution in [2.75, 3.05) is 14.2 Å². The zero-order chi connectivity index (χ0) is 17.7. The fourth-order valence-electron chi connectivity index (χ4n) is 2.00. The van der Waals surface area contributed by atoms with Crippen LogP contribution < -0.4 is 14.8 Å². The Hall–Kier alpha value is -2.87. The fraction of sp³-hybridized carbons (Fsp3) is 0.125. The van der Waals surface area contributed by atoms with E-state index in [1.54, 1.807) is 18.2 Å². The first-order chi connectivity index (χ1) is 11.4. The van der Waals surface area contributed by atoms with Gasteiger partial charge in [-0.3, -0.25) is 9.59 Å². The van der Waals surface area contributed by atoms with Gasteiger partial charge in [0.25, 0.3) is 21.8 Å². The molecule has 0 atom stereocenters. The molecule has 0 aliphatic carbocycles. The first kappa shape index (κ1) is 17.5. The van der Waals surface area contributed by atoms with E-state index in [0.717, 1.165) is 0 Å². The number of carbonyl (C=O) groups is 2. The molecule has 0 unspecified atom stereocenters. The summed E-state index contributed by atoms with van der Waals surface area (Å²) in [6, 6.07) is 11.5. The average Bonchev–Trinajstić information content (AvgIpc) is 2.60. The summed E-state index contributed by atoms with van der Waals surface area (Å²) in [6.07, 6.45) is 0. The number of benzene rings is 2. The second-order valence-corrected chi connectivity index (χ2v) is 6.42. The normalized spacial score (nSPS) is 10.8. The van der Waals surface area contributed by atoms with Gasteiger partial charge >= 0.3 is 0 Å². The lowest BCUT2D eigenvalue weighted by Gasteiger charge is -2.10. The van der Waals surface area contributed by atoms with E-state index in [-0.39, 0.29) is 22.1 Å². The van der Waals surface area contributed by atoms with Crippen molar-refractivity contribution in [3.8, 4) is 5.75 Å². The van der Waals surface area contributed by atoms with Crippen LogP contribution in [0.5, 0.6) is 5.75 Å². The third-order valence-electron chi connectivity index (χ3n) is 3.23. The zero-order valence-corrected chi connectivity index (χ0v) is 13.9. The molecule has 2 aromatic rings. The number of sulfonamides is 1. The Kier molecular flexibility index (Phi) is 5.20. The maximum Gasteiger partial charge on any atom is 0.268 e. The number of ether oxygens (including phenoxy) is 1. The van der Waals surface area contributed by atoms with Crippen LogP contribution in [0.1, 0.15) is 20.7 Å². The molecule has 0 aliphatic rings. The lowest BCUT2D eigenvalue weighted by atomic mass is 10.2. The predicted octanol–water partition coefficient (Wildman–Crippen LogP) is 1.17. The van der Waals surface area contributed by atoms with Gasteiger partial charge in [-0.15, -0.1) is 0 Å². The summed E-state index contributed by atoms with van der Waals surface area (Å²) >= 11 is 0. The molecule has 0 spiro atoms. The van der Waals surface area contributed by atoms with Crippen LogP contribution in [0.15, 0.2) is 53.4 Å². The molecule has 2 N–H and O–H groups in total. The minimum Gasteiger partial charge on any atom is -0.496 e. The van der Waals surface area contributed by atoms with Gasteiger partial charge in [0.1, 0.15) is 5.75 Å². The summed E-state index contributed by atoms with van der Waals surface area (Å²) in [5.41, 5.74) is 0.415. The molecular weight excluding hydrogens is 332 g/mol. The van der Waals surface area contributed by atoms with Crippen LogP contribution in [0.2, 0.25) is 0 Å². The third kappa shape index (κ3) is 3.72. The van der Waals surface area contributed by atoms with E-state index < -0.39 is 15.9 Å². The first-order valence-corrected chi connectivity index (χ1v) is 8.39. The third-order valence-corrected chi connectivity index (χ3v) is 4.58. The van der Waals surface area contributed by atoms with Crippen molar-refractivity contribution in [1.82, 2.24) is 10.0 Å². The molecule has 0 saturated carbocycles. The van der Waals surface area contributed by atoms with Gasteiger partial charge in [-0.05, 0) is 36.4 Å². The van der Waals surface area contributed by atoms with Crippen LogP contribution in [0.4, 0.5) is 0 Å². The summed E-state index contributed by atoms with van der Waals surface area (Å²) in [4.78, 5) is 23.5. The highest BCUT2D eigenvalue weighted by Gasteiger charge is 2.21. The minimum atomic E-state index is -4.07. The van der Waals surface area contributed by atoms with E-state index in [1.165, 1.54) is 44.5 Å². The summed E-state index contributed by atoms with van der Waals surface area (Å²) in [5.74, 6) is -0.875. The molecular formula is C16H16N2O5S. The Bertz CT molecular complexity index is 860. The number of carbonyl (C=O) groups excluding carboxylic acids is 2. The Labute approximate surface area is 139 Å². The largest absolute Gasteiger partial charge is 0.496 e. The van der Waals surface area contributed by atoms with E-state index in [2.05, 4.69) is 5.32 Å². The first-order valence-electron chi connectivity index (χ1n) is 6.91. The molecule has 126 valence electrons. The molecule has 2 rings (SSSR count). The van der Waals surface area contributed by atoms with Crippen molar-refractivity contribution in [2.45, 2.75) is 4.90 Å². The van der Waals surface area contributed by atoms with Crippen LogP contribution in [-0.4, -0.2) is 34.4 Å².